The van der Waals surface area contributed by atoms with Crippen molar-refractivity contribution in [3.8, 4) is 0 Å². The Balaban J connectivity index is 1.36. The number of aromatic nitrogens is 1. The predicted molar refractivity (Wildman–Crippen MR) is 113 cm³/mol. The van der Waals surface area contributed by atoms with E-state index in [1.54, 1.807) is 12.1 Å². The molecule has 0 spiro atoms. The van der Waals surface area contributed by atoms with Gasteiger partial charge in [0.25, 0.3) is 5.91 Å². The summed E-state index contributed by atoms with van der Waals surface area (Å²) in [7, 11) is 0. The molecule has 0 aliphatic carbocycles. The summed E-state index contributed by atoms with van der Waals surface area (Å²) < 4.78 is 0. The number of hydrogen-bond acceptors (Lipinski definition) is 5. The van der Waals surface area contributed by atoms with E-state index in [2.05, 4.69) is 20.5 Å². The molecule has 1 aromatic heterocycles. The Morgan fingerprint density at radius 2 is 1.82 bits per heavy atom. The van der Waals surface area contributed by atoms with Crippen LogP contribution in [0.25, 0.3) is 0 Å². The van der Waals surface area contributed by atoms with Gasteiger partial charge < -0.3 is 10.2 Å². The second kappa shape index (κ2) is 10.9. The minimum atomic E-state index is -0.195. The van der Waals surface area contributed by atoms with Gasteiger partial charge in [0.1, 0.15) is 0 Å². The molecule has 2 aromatic rings. The molecule has 2 heterocycles. The van der Waals surface area contributed by atoms with Crippen LogP contribution in [0, 0.1) is 0 Å². The fraction of sp³-hybridized carbons (Fsp3) is 0.476. The van der Waals surface area contributed by atoms with Gasteiger partial charge in [-0.2, -0.15) is 0 Å². The monoisotopic (exact) mass is 400 g/mol. The maximum Gasteiger partial charge on any atom is 0.257 e. The Hall–Kier alpha value is -2.25. The first-order chi connectivity index (χ1) is 13.7. The minimum absolute atomic E-state index is 0.0258. The first kappa shape index (κ1) is 20.5. The zero-order valence-electron chi connectivity index (χ0n) is 16.2. The molecule has 28 heavy (non-hydrogen) atoms. The molecule has 1 fully saturated rings. The fourth-order valence-corrected chi connectivity index (χ4v) is 4.03. The molecule has 1 aromatic carbocycles. The van der Waals surface area contributed by atoms with Gasteiger partial charge >= 0.3 is 0 Å². The molecule has 6 nitrogen and oxygen atoms in total. The number of likely N-dealkylation sites (tertiary alicyclic amines) is 1. The number of carbonyl (C=O) groups excluding carboxylic acids is 2. The van der Waals surface area contributed by atoms with Crippen LogP contribution in [-0.2, 0) is 11.2 Å². The third kappa shape index (κ3) is 6.73. The van der Waals surface area contributed by atoms with Crippen LogP contribution in [0.4, 0.5) is 5.13 Å². The molecule has 7 heteroatoms. The first-order valence-corrected chi connectivity index (χ1v) is 10.9. The number of carbonyl (C=O) groups is 2. The number of rotatable bonds is 8. The second-order valence-corrected chi connectivity index (χ2v) is 7.96. The Morgan fingerprint density at radius 3 is 2.57 bits per heavy atom. The summed E-state index contributed by atoms with van der Waals surface area (Å²) in [6.45, 7) is 4.11. The van der Waals surface area contributed by atoms with Crippen LogP contribution in [-0.4, -0.2) is 47.9 Å². The predicted octanol–water partition coefficient (Wildman–Crippen LogP) is 3.32. The number of anilines is 1. The average molecular weight is 401 g/mol. The lowest BCUT2D eigenvalue weighted by Gasteiger charge is -2.19. The third-order valence-electron chi connectivity index (χ3n) is 4.82. The van der Waals surface area contributed by atoms with Crippen LogP contribution >= 0.6 is 11.3 Å². The highest BCUT2D eigenvalue weighted by Crippen LogP contribution is 2.17. The Morgan fingerprint density at radius 1 is 1.07 bits per heavy atom. The number of benzene rings is 1. The number of nitrogens with zero attached hydrogens (tertiary/aromatic N) is 2. The minimum Gasteiger partial charge on any atom is -0.356 e. The van der Waals surface area contributed by atoms with E-state index >= 15 is 0 Å². The molecule has 2 N–H and O–H groups in total. The lowest BCUT2D eigenvalue weighted by molar-refractivity contribution is -0.120. The van der Waals surface area contributed by atoms with Crippen molar-refractivity contribution in [3.05, 3.63) is 47.0 Å². The summed E-state index contributed by atoms with van der Waals surface area (Å²) >= 11 is 1.33. The van der Waals surface area contributed by atoms with E-state index in [1.807, 2.05) is 23.6 Å². The zero-order chi connectivity index (χ0) is 19.6. The van der Waals surface area contributed by atoms with Crippen LogP contribution in [0.1, 0.15) is 48.2 Å². The van der Waals surface area contributed by atoms with Crippen LogP contribution < -0.4 is 10.6 Å². The fourth-order valence-electron chi connectivity index (χ4n) is 3.32. The number of nitrogens with one attached hydrogen (secondary N) is 2. The van der Waals surface area contributed by atoms with Gasteiger partial charge in [0.05, 0.1) is 12.1 Å². The molecule has 150 valence electrons. The molecule has 0 unspecified atom stereocenters. The summed E-state index contributed by atoms with van der Waals surface area (Å²) in [4.78, 5) is 31.1. The van der Waals surface area contributed by atoms with E-state index in [0.717, 1.165) is 13.0 Å². The van der Waals surface area contributed by atoms with Gasteiger partial charge in [-0.15, -0.1) is 11.3 Å². The molecule has 0 saturated carbocycles. The summed E-state index contributed by atoms with van der Waals surface area (Å²) in [5, 5.41) is 8.08. The van der Waals surface area contributed by atoms with Crippen molar-refractivity contribution in [2.24, 2.45) is 0 Å². The molecule has 2 amide bonds. The van der Waals surface area contributed by atoms with Crippen molar-refractivity contribution >= 4 is 28.3 Å². The highest BCUT2D eigenvalue weighted by Gasteiger charge is 2.12. The van der Waals surface area contributed by atoms with Crippen LogP contribution in [0.2, 0.25) is 0 Å². The Bertz CT molecular complexity index is 755. The average Bonchev–Trinajstić information content (AvgIpc) is 2.97. The summed E-state index contributed by atoms with van der Waals surface area (Å²) in [5.41, 5.74) is 1.26. The van der Waals surface area contributed by atoms with E-state index in [4.69, 9.17) is 0 Å². The Kier molecular flexibility index (Phi) is 7.99. The van der Waals surface area contributed by atoms with Gasteiger partial charge in [0, 0.05) is 17.5 Å². The zero-order valence-corrected chi connectivity index (χ0v) is 17.0. The topological polar surface area (TPSA) is 74.3 Å². The lowest BCUT2D eigenvalue weighted by atomic mass is 10.2. The quantitative estimate of drug-likeness (QED) is 0.667. The highest BCUT2D eigenvalue weighted by molar-refractivity contribution is 7.14. The van der Waals surface area contributed by atoms with Crippen LogP contribution in [0.15, 0.2) is 35.7 Å². The first-order valence-electron chi connectivity index (χ1n) is 10.0. The van der Waals surface area contributed by atoms with Crippen LogP contribution in [0.3, 0.4) is 0 Å². The van der Waals surface area contributed by atoms with E-state index in [0.29, 0.717) is 22.9 Å². The highest BCUT2D eigenvalue weighted by atomic mass is 32.1. The van der Waals surface area contributed by atoms with Gasteiger partial charge in [0.2, 0.25) is 5.91 Å². The lowest BCUT2D eigenvalue weighted by Crippen LogP contribution is -2.31. The number of thiazole rings is 1. The van der Waals surface area contributed by atoms with Gasteiger partial charge in [0.15, 0.2) is 5.13 Å². The maximum absolute atomic E-state index is 12.1. The third-order valence-corrected chi connectivity index (χ3v) is 5.63. The maximum atomic E-state index is 12.1. The van der Waals surface area contributed by atoms with Gasteiger partial charge in [-0.25, -0.2) is 4.98 Å². The van der Waals surface area contributed by atoms with E-state index in [9.17, 15) is 9.59 Å². The van der Waals surface area contributed by atoms with Gasteiger partial charge in [-0.3, -0.25) is 14.9 Å². The van der Waals surface area contributed by atoms with Gasteiger partial charge in [-0.05, 0) is 51.0 Å². The van der Waals surface area contributed by atoms with Crippen molar-refractivity contribution in [1.29, 1.82) is 0 Å². The number of hydrogen-bond donors (Lipinski definition) is 2. The molecular formula is C21H28N4O2S. The Labute approximate surface area is 170 Å². The molecule has 1 saturated heterocycles. The second-order valence-electron chi connectivity index (χ2n) is 7.10. The molecule has 0 atom stereocenters. The van der Waals surface area contributed by atoms with E-state index in [1.165, 1.54) is 50.1 Å². The normalized spacial score (nSPS) is 15.0. The molecule has 0 bridgehead atoms. The largest absolute Gasteiger partial charge is 0.356 e. The summed E-state index contributed by atoms with van der Waals surface area (Å²) in [5.74, 6) is -0.221. The molecule has 3 rings (SSSR count). The van der Waals surface area contributed by atoms with Crippen molar-refractivity contribution in [2.45, 2.75) is 38.5 Å². The van der Waals surface area contributed by atoms with Crippen LogP contribution in [0.5, 0.6) is 0 Å². The molecule has 1 aliphatic heterocycles. The van der Waals surface area contributed by atoms with Crippen molar-refractivity contribution in [1.82, 2.24) is 15.2 Å². The van der Waals surface area contributed by atoms with E-state index in [-0.39, 0.29) is 18.2 Å². The van der Waals surface area contributed by atoms with Crippen molar-refractivity contribution in [3.63, 3.8) is 0 Å². The SMILES string of the molecule is O=C(Cc1csc(NC(=O)c2ccccc2)n1)NCCCN1CCCCCC1. The molecule has 0 radical (unpaired) electrons. The van der Waals surface area contributed by atoms with E-state index < -0.39 is 0 Å². The molecular weight excluding hydrogens is 372 g/mol. The van der Waals surface area contributed by atoms with Crippen molar-refractivity contribution in [2.75, 3.05) is 31.5 Å². The van der Waals surface area contributed by atoms with Crippen molar-refractivity contribution < 1.29 is 9.59 Å². The standard InChI is InChI=1S/C21H28N4O2S/c26-19(22-11-8-14-25-12-6-1-2-7-13-25)15-18-16-28-21(23-18)24-20(27)17-9-4-3-5-10-17/h3-5,9-10,16H,1-2,6-8,11-15H2,(H,22,26)(H,23,24,27). The summed E-state index contributed by atoms with van der Waals surface area (Å²) in [6.07, 6.45) is 6.48. The smallest absolute Gasteiger partial charge is 0.257 e. The molecule has 1 aliphatic rings. The summed E-state index contributed by atoms with van der Waals surface area (Å²) in [6, 6.07) is 9.01. The van der Waals surface area contributed by atoms with Gasteiger partial charge in [-0.1, -0.05) is 31.0 Å². The number of amides is 2.